The molecule has 0 amide bonds. The van der Waals surface area contributed by atoms with E-state index in [1.807, 2.05) is 11.4 Å². The minimum Gasteiger partial charge on any atom is -0.478 e. The zero-order valence-electron chi connectivity index (χ0n) is 12.0. The predicted molar refractivity (Wildman–Crippen MR) is 83.9 cm³/mol. The van der Waals surface area contributed by atoms with Crippen LogP contribution in [0.15, 0.2) is 17.5 Å². The van der Waals surface area contributed by atoms with Crippen molar-refractivity contribution in [1.82, 2.24) is 4.90 Å². The van der Waals surface area contributed by atoms with E-state index in [-0.39, 0.29) is 0 Å². The molecule has 0 spiro atoms. The van der Waals surface area contributed by atoms with Gasteiger partial charge in [0.25, 0.3) is 0 Å². The molecule has 0 radical (unpaired) electrons. The van der Waals surface area contributed by atoms with Gasteiger partial charge < -0.3 is 5.11 Å². The topological polar surface area (TPSA) is 40.5 Å². The van der Waals surface area contributed by atoms with Crippen LogP contribution in [0.3, 0.4) is 0 Å². The van der Waals surface area contributed by atoms with Crippen LogP contribution in [-0.4, -0.2) is 28.6 Å². The van der Waals surface area contributed by atoms with Crippen LogP contribution in [0, 0.1) is 0 Å². The molecule has 0 aliphatic heterocycles. The van der Waals surface area contributed by atoms with Gasteiger partial charge in [0.05, 0.1) is 0 Å². The second kappa shape index (κ2) is 7.60. The molecule has 2 rings (SSSR count). The maximum atomic E-state index is 10.6. The zero-order valence-corrected chi connectivity index (χ0v) is 12.9. The largest absolute Gasteiger partial charge is 0.478 e. The third-order valence-electron chi connectivity index (χ3n) is 4.03. The summed E-state index contributed by atoms with van der Waals surface area (Å²) in [5.74, 6) is -0.887. The van der Waals surface area contributed by atoms with Gasteiger partial charge in [-0.2, -0.15) is 0 Å². The first-order valence-electron chi connectivity index (χ1n) is 7.42. The fourth-order valence-electron chi connectivity index (χ4n) is 2.92. The van der Waals surface area contributed by atoms with Crippen LogP contribution in [0.1, 0.15) is 49.5 Å². The van der Waals surface area contributed by atoms with E-state index in [2.05, 4.69) is 11.8 Å². The van der Waals surface area contributed by atoms with Gasteiger partial charge in [0.2, 0.25) is 0 Å². The lowest BCUT2D eigenvalue weighted by Gasteiger charge is -2.33. The number of rotatable bonds is 6. The summed E-state index contributed by atoms with van der Waals surface area (Å²) in [5.41, 5.74) is 1.05. The Hall–Kier alpha value is -1.13. The highest BCUT2D eigenvalue weighted by Gasteiger charge is 2.20. The number of nitrogens with zero attached hydrogens (tertiary/aromatic N) is 1. The van der Waals surface area contributed by atoms with Gasteiger partial charge in [0.1, 0.15) is 0 Å². The third-order valence-corrected chi connectivity index (χ3v) is 4.95. The van der Waals surface area contributed by atoms with Crippen molar-refractivity contribution in [2.24, 2.45) is 0 Å². The molecule has 0 atom stereocenters. The Morgan fingerprint density at radius 1 is 1.45 bits per heavy atom. The van der Waals surface area contributed by atoms with Crippen molar-refractivity contribution in [2.45, 2.75) is 51.6 Å². The van der Waals surface area contributed by atoms with Crippen LogP contribution in [0.5, 0.6) is 0 Å². The Morgan fingerprint density at radius 3 is 2.85 bits per heavy atom. The van der Waals surface area contributed by atoms with Crippen LogP contribution < -0.4 is 0 Å². The van der Waals surface area contributed by atoms with Crippen molar-refractivity contribution in [2.75, 3.05) is 6.54 Å². The molecule has 1 aromatic heterocycles. The van der Waals surface area contributed by atoms with E-state index in [4.69, 9.17) is 5.11 Å². The lowest BCUT2D eigenvalue weighted by Crippen LogP contribution is -2.36. The highest BCUT2D eigenvalue weighted by atomic mass is 32.1. The minimum atomic E-state index is -0.887. The van der Waals surface area contributed by atoms with E-state index in [9.17, 15) is 4.79 Å². The Labute approximate surface area is 124 Å². The number of aliphatic carboxylic acids is 1. The van der Waals surface area contributed by atoms with E-state index in [1.54, 1.807) is 17.4 Å². The monoisotopic (exact) mass is 293 g/mol. The van der Waals surface area contributed by atoms with Gasteiger partial charge in [-0.3, -0.25) is 4.90 Å². The number of carboxylic acid groups (broad SMARTS) is 1. The van der Waals surface area contributed by atoms with Gasteiger partial charge in [0, 0.05) is 23.5 Å². The molecule has 1 aliphatic carbocycles. The SMILES string of the molecule is CCN(Cc1sccc1C=CC(=O)O)C1CCCCC1. The first-order chi connectivity index (χ1) is 9.70. The molecule has 3 nitrogen and oxygen atoms in total. The summed E-state index contributed by atoms with van der Waals surface area (Å²) in [6.45, 7) is 4.22. The molecule has 1 heterocycles. The van der Waals surface area contributed by atoms with Gasteiger partial charge >= 0.3 is 5.97 Å². The van der Waals surface area contributed by atoms with E-state index < -0.39 is 5.97 Å². The number of hydrogen-bond donors (Lipinski definition) is 1. The lowest BCUT2D eigenvalue weighted by atomic mass is 9.94. The van der Waals surface area contributed by atoms with Crippen molar-refractivity contribution >= 4 is 23.4 Å². The van der Waals surface area contributed by atoms with Crippen LogP contribution in [0.25, 0.3) is 6.08 Å². The quantitative estimate of drug-likeness (QED) is 0.806. The van der Waals surface area contributed by atoms with Crippen molar-refractivity contribution in [1.29, 1.82) is 0 Å². The third kappa shape index (κ3) is 4.18. The summed E-state index contributed by atoms with van der Waals surface area (Å²) < 4.78 is 0. The number of thiophene rings is 1. The van der Waals surface area contributed by atoms with Gasteiger partial charge in [-0.05, 0) is 42.5 Å². The minimum absolute atomic E-state index is 0.701. The molecule has 0 aromatic carbocycles. The number of carboxylic acids is 1. The average molecular weight is 293 g/mol. The molecule has 1 aliphatic rings. The number of hydrogen-bond acceptors (Lipinski definition) is 3. The lowest BCUT2D eigenvalue weighted by molar-refractivity contribution is -0.131. The van der Waals surface area contributed by atoms with Crippen LogP contribution in [0.4, 0.5) is 0 Å². The normalized spacial score (nSPS) is 17.1. The molecule has 1 saturated carbocycles. The molecular formula is C16H23NO2S. The van der Waals surface area contributed by atoms with Crippen LogP contribution in [0.2, 0.25) is 0 Å². The zero-order chi connectivity index (χ0) is 14.4. The van der Waals surface area contributed by atoms with Crippen molar-refractivity contribution in [3.8, 4) is 0 Å². The van der Waals surface area contributed by atoms with Crippen molar-refractivity contribution < 1.29 is 9.90 Å². The van der Waals surface area contributed by atoms with Gasteiger partial charge in [-0.25, -0.2) is 4.79 Å². The first kappa shape index (κ1) is 15.3. The molecule has 110 valence electrons. The fourth-order valence-corrected chi connectivity index (χ4v) is 3.81. The van der Waals surface area contributed by atoms with E-state index in [1.165, 1.54) is 43.1 Å². The predicted octanol–water partition coefficient (Wildman–Crippen LogP) is 4.00. The summed E-state index contributed by atoms with van der Waals surface area (Å²) in [6, 6.07) is 2.71. The van der Waals surface area contributed by atoms with Crippen LogP contribution >= 0.6 is 11.3 Å². The van der Waals surface area contributed by atoms with Gasteiger partial charge in [-0.15, -0.1) is 11.3 Å². The van der Waals surface area contributed by atoms with Gasteiger partial charge in [-0.1, -0.05) is 26.2 Å². The maximum Gasteiger partial charge on any atom is 0.328 e. The molecule has 0 saturated heterocycles. The summed E-state index contributed by atoms with van der Waals surface area (Å²) >= 11 is 1.72. The average Bonchev–Trinajstić information content (AvgIpc) is 2.90. The molecule has 0 unspecified atom stereocenters. The summed E-state index contributed by atoms with van der Waals surface area (Å²) in [4.78, 5) is 14.5. The number of carbonyl (C=O) groups is 1. The second-order valence-electron chi connectivity index (χ2n) is 5.33. The maximum absolute atomic E-state index is 10.6. The molecule has 1 N–H and O–H groups in total. The Bertz CT molecular complexity index is 461. The Balaban J connectivity index is 2.03. The summed E-state index contributed by atoms with van der Waals surface area (Å²) in [6.07, 6.45) is 9.61. The van der Waals surface area contributed by atoms with E-state index in [0.717, 1.165) is 18.7 Å². The first-order valence-corrected chi connectivity index (χ1v) is 8.30. The van der Waals surface area contributed by atoms with Crippen LogP contribution in [-0.2, 0) is 11.3 Å². The Kier molecular flexibility index (Phi) is 5.80. The molecule has 4 heteroatoms. The van der Waals surface area contributed by atoms with Crippen molar-refractivity contribution in [3.63, 3.8) is 0 Å². The smallest absolute Gasteiger partial charge is 0.328 e. The fraction of sp³-hybridized carbons (Fsp3) is 0.562. The molecular weight excluding hydrogens is 270 g/mol. The van der Waals surface area contributed by atoms with E-state index >= 15 is 0 Å². The van der Waals surface area contributed by atoms with Gasteiger partial charge in [0.15, 0.2) is 0 Å². The summed E-state index contributed by atoms with van der Waals surface area (Å²) in [7, 11) is 0. The van der Waals surface area contributed by atoms with E-state index in [0.29, 0.717) is 6.04 Å². The standard InChI is InChI=1S/C16H23NO2S/c1-2-17(14-6-4-3-5-7-14)12-15-13(10-11-20-15)8-9-16(18)19/h8-11,14H,2-7,12H2,1H3,(H,18,19). The molecule has 0 bridgehead atoms. The summed E-state index contributed by atoms with van der Waals surface area (Å²) in [5, 5.41) is 10.8. The molecule has 1 aromatic rings. The molecule has 1 fully saturated rings. The highest BCUT2D eigenvalue weighted by molar-refractivity contribution is 7.10. The second-order valence-corrected chi connectivity index (χ2v) is 6.33. The Morgan fingerprint density at radius 2 is 2.20 bits per heavy atom. The molecule has 20 heavy (non-hydrogen) atoms. The van der Waals surface area contributed by atoms with Crippen molar-refractivity contribution in [3.05, 3.63) is 28.0 Å². The highest BCUT2D eigenvalue weighted by Crippen LogP contribution is 2.26.